The average Bonchev–Trinajstić information content (AvgIpc) is 2.52. The van der Waals surface area contributed by atoms with Crippen LogP contribution in [0.25, 0.3) is 0 Å². The van der Waals surface area contributed by atoms with E-state index in [0.717, 1.165) is 24.2 Å². The third-order valence-electron chi connectivity index (χ3n) is 5.42. The quantitative estimate of drug-likeness (QED) is 0.598. The number of hydrogen-bond donors (Lipinski definition) is 0. The summed E-state index contributed by atoms with van der Waals surface area (Å²) in [7, 11) is 0. The minimum absolute atomic E-state index is 0.336. The predicted molar refractivity (Wildman–Crippen MR) is 71.3 cm³/mol. The summed E-state index contributed by atoms with van der Waals surface area (Å²) in [5, 5.41) is 9.17. The lowest BCUT2D eigenvalue weighted by atomic mass is 9.74. The van der Waals surface area contributed by atoms with Crippen molar-refractivity contribution in [2.75, 3.05) is 0 Å². The molecule has 0 aliphatic heterocycles. The summed E-state index contributed by atoms with van der Waals surface area (Å²) >= 11 is 0. The zero-order valence-corrected chi connectivity index (χ0v) is 11.5. The Bertz CT molecular complexity index is 270. The van der Waals surface area contributed by atoms with E-state index in [2.05, 4.69) is 19.9 Å². The highest BCUT2D eigenvalue weighted by Gasteiger charge is 2.30. The third-order valence-corrected chi connectivity index (χ3v) is 5.42. The Labute approximate surface area is 107 Å². The van der Waals surface area contributed by atoms with E-state index < -0.39 is 0 Å². The first-order valence-corrected chi connectivity index (χ1v) is 7.60. The van der Waals surface area contributed by atoms with E-state index in [0.29, 0.717) is 11.8 Å². The Hall–Kier alpha value is -0.510. The maximum Gasteiger partial charge on any atom is 0.0658 e. The molecule has 96 valence electrons. The molecule has 17 heavy (non-hydrogen) atoms. The van der Waals surface area contributed by atoms with Gasteiger partial charge in [-0.05, 0) is 62.2 Å². The predicted octanol–water partition coefficient (Wildman–Crippen LogP) is 4.78. The van der Waals surface area contributed by atoms with Gasteiger partial charge in [0.15, 0.2) is 0 Å². The molecule has 0 saturated heterocycles. The molecule has 2 saturated carbocycles. The van der Waals surface area contributed by atoms with Crippen LogP contribution < -0.4 is 0 Å². The van der Waals surface area contributed by atoms with Gasteiger partial charge in [-0.2, -0.15) is 5.26 Å². The molecule has 0 heterocycles. The number of nitrogens with zero attached hydrogens (tertiary/aromatic N) is 1. The van der Waals surface area contributed by atoms with E-state index in [-0.39, 0.29) is 0 Å². The molecule has 1 nitrogen and oxygen atoms in total. The van der Waals surface area contributed by atoms with Crippen molar-refractivity contribution in [3.05, 3.63) is 0 Å². The van der Waals surface area contributed by atoms with Gasteiger partial charge < -0.3 is 0 Å². The molecule has 0 aromatic heterocycles. The van der Waals surface area contributed by atoms with Crippen LogP contribution in [0, 0.1) is 40.9 Å². The van der Waals surface area contributed by atoms with Gasteiger partial charge in [0.25, 0.3) is 0 Å². The summed E-state index contributed by atoms with van der Waals surface area (Å²) in [4.78, 5) is 0. The van der Waals surface area contributed by atoms with Crippen LogP contribution in [0.1, 0.15) is 65.2 Å². The van der Waals surface area contributed by atoms with E-state index in [1.807, 2.05) is 0 Å². The van der Waals surface area contributed by atoms with E-state index in [9.17, 15) is 0 Å². The third kappa shape index (κ3) is 3.24. The van der Waals surface area contributed by atoms with Gasteiger partial charge in [0.1, 0.15) is 0 Å². The topological polar surface area (TPSA) is 23.8 Å². The van der Waals surface area contributed by atoms with Crippen molar-refractivity contribution in [1.29, 1.82) is 5.26 Å². The SMILES string of the molecule is CC1CCC(C2CCC(C)[C@@H](C#N)CC2)CC1. The zero-order valence-electron chi connectivity index (χ0n) is 11.5. The molecule has 2 rings (SSSR count). The van der Waals surface area contributed by atoms with Crippen molar-refractivity contribution >= 4 is 0 Å². The molecule has 0 aromatic carbocycles. The van der Waals surface area contributed by atoms with Crippen LogP contribution >= 0.6 is 0 Å². The van der Waals surface area contributed by atoms with Crippen molar-refractivity contribution in [3.63, 3.8) is 0 Å². The number of hydrogen-bond acceptors (Lipinski definition) is 1. The van der Waals surface area contributed by atoms with E-state index in [4.69, 9.17) is 5.26 Å². The second-order valence-electron chi connectivity index (χ2n) is 6.65. The molecule has 3 atom stereocenters. The molecule has 2 aliphatic rings. The van der Waals surface area contributed by atoms with Gasteiger partial charge in [-0.1, -0.05) is 26.7 Å². The average molecular weight is 233 g/mol. The fraction of sp³-hybridized carbons (Fsp3) is 0.938. The highest BCUT2D eigenvalue weighted by molar-refractivity contribution is 4.90. The summed E-state index contributed by atoms with van der Waals surface area (Å²) in [5.74, 6) is 3.84. The standard InChI is InChI=1S/C16H27N/c1-12-3-6-14(7-4-12)15-8-5-13(2)16(11-17)10-9-15/h12-16H,3-10H2,1-2H3/t12?,13?,14?,15?,16-/m1/s1. The largest absolute Gasteiger partial charge is 0.198 e. The fourth-order valence-corrected chi connectivity index (χ4v) is 3.92. The molecule has 2 aliphatic carbocycles. The summed E-state index contributed by atoms with van der Waals surface area (Å²) in [6.45, 7) is 4.68. The van der Waals surface area contributed by atoms with Crippen LogP contribution in [-0.4, -0.2) is 0 Å². The monoisotopic (exact) mass is 233 g/mol. The van der Waals surface area contributed by atoms with Crippen molar-refractivity contribution < 1.29 is 0 Å². The molecule has 0 bridgehead atoms. The van der Waals surface area contributed by atoms with Gasteiger partial charge in [-0.15, -0.1) is 0 Å². The van der Waals surface area contributed by atoms with Crippen LogP contribution in [0.5, 0.6) is 0 Å². The van der Waals surface area contributed by atoms with Gasteiger partial charge in [0.05, 0.1) is 6.07 Å². The Morgan fingerprint density at radius 1 is 0.765 bits per heavy atom. The number of rotatable bonds is 1. The molecule has 0 radical (unpaired) electrons. The van der Waals surface area contributed by atoms with Crippen LogP contribution in [0.3, 0.4) is 0 Å². The number of nitriles is 1. The van der Waals surface area contributed by atoms with Crippen molar-refractivity contribution in [1.82, 2.24) is 0 Å². The van der Waals surface area contributed by atoms with Crippen molar-refractivity contribution in [3.8, 4) is 6.07 Å². The Morgan fingerprint density at radius 2 is 1.29 bits per heavy atom. The van der Waals surface area contributed by atoms with Crippen LogP contribution in [0.15, 0.2) is 0 Å². The van der Waals surface area contributed by atoms with Crippen molar-refractivity contribution in [2.24, 2.45) is 29.6 Å². The molecular weight excluding hydrogens is 206 g/mol. The van der Waals surface area contributed by atoms with Crippen LogP contribution in [-0.2, 0) is 0 Å². The van der Waals surface area contributed by atoms with Crippen molar-refractivity contribution in [2.45, 2.75) is 65.2 Å². The smallest absolute Gasteiger partial charge is 0.0658 e. The molecule has 2 unspecified atom stereocenters. The van der Waals surface area contributed by atoms with Gasteiger partial charge in [0, 0.05) is 5.92 Å². The summed E-state index contributed by atoms with van der Waals surface area (Å²) in [5.41, 5.74) is 0. The van der Waals surface area contributed by atoms with E-state index in [1.165, 1.54) is 44.9 Å². The molecule has 0 spiro atoms. The van der Waals surface area contributed by atoms with Crippen LogP contribution in [0.4, 0.5) is 0 Å². The normalized spacial score (nSPS) is 43.7. The summed E-state index contributed by atoms with van der Waals surface area (Å²) in [6.07, 6.45) is 11.0. The minimum atomic E-state index is 0.336. The highest BCUT2D eigenvalue weighted by Crippen LogP contribution is 2.41. The van der Waals surface area contributed by atoms with E-state index in [1.54, 1.807) is 0 Å². The Balaban J connectivity index is 1.88. The lowest BCUT2D eigenvalue weighted by Gasteiger charge is -2.32. The first kappa shape index (κ1) is 12.9. The second kappa shape index (κ2) is 5.89. The van der Waals surface area contributed by atoms with Gasteiger partial charge in [0.2, 0.25) is 0 Å². The zero-order chi connectivity index (χ0) is 12.3. The highest BCUT2D eigenvalue weighted by atomic mass is 14.4. The molecule has 0 aromatic rings. The first-order valence-electron chi connectivity index (χ1n) is 7.60. The molecule has 0 N–H and O–H groups in total. The minimum Gasteiger partial charge on any atom is -0.198 e. The summed E-state index contributed by atoms with van der Waals surface area (Å²) in [6, 6.07) is 2.52. The van der Waals surface area contributed by atoms with Gasteiger partial charge >= 0.3 is 0 Å². The molecular formula is C16H27N. The molecule has 0 amide bonds. The van der Waals surface area contributed by atoms with Gasteiger partial charge in [-0.3, -0.25) is 0 Å². The van der Waals surface area contributed by atoms with Gasteiger partial charge in [-0.25, -0.2) is 0 Å². The first-order chi connectivity index (χ1) is 8.20. The van der Waals surface area contributed by atoms with Crippen LogP contribution in [0.2, 0.25) is 0 Å². The molecule has 2 fully saturated rings. The summed E-state index contributed by atoms with van der Waals surface area (Å²) < 4.78 is 0. The maximum absolute atomic E-state index is 9.17. The second-order valence-corrected chi connectivity index (χ2v) is 6.65. The Morgan fingerprint density at radius 3 is 1.88 bits per heavy atom. The Kier molecular flexibility index (Phi) is 4.48. The lowest BCUT2D eigenvalue weighted by Crippen LogP contribution is -2.20. The maximum atomic E-state index is 9.17. The fourth-order valence-electron chi connectivity index (χ4n) is 3.92. The lowest BCUT2D eigenvalue weighted by molar-refractivity contribution is 0.195. The van der Waals surface area contributed by atoms with E-state index >= 15 is 0 Å². The molecule has 1 heteroatoms.